The van der Waals surface area contributed by atoms with Crippen LogP contribution in [0.2, 0.25) is 0 Å². The second-order valence-electron chi connectivity index (χ2n) is 9.07. The fourth-order valence-electron chi connectivity index (χ4n) is 6.31. The second-order valence-corrected chi connectivity index (χ2v) is 9.07. The molecular weight excluding hydrogens is 375 g/mol. The number of nitrogens with zero attached hydrogens (tertiary/aromatic N) is 1. The Morgan fingerprint density at radius 2 is 1.72 bits per heavy atom. The van der Waals surface area contributed by atoms with Crippen molar-refractivity contribution in [3.05, 3.63) is 35.6 Å². The number of amides is 2. The van der Waals surface area contributed by atoms with E-state index in [1.165, 1.54) is 19.2 Å². The van der Waals surface area contributed by atoms with Gasteiger partial charge in [0.1, 0.15) is 5.82 Å². The van der Waals surface area contributed by atoms with Crippen LogP contribution in [0.1, 0.15) is 37.7 Å². The summed E-state index contributed by atoms with van der Waals surface area (Å²) in [5.41, 5.74) is 0.841. The van der Waals surface area contributed by atoms with E-state index in [0.717, 1.165) is 31.2 Å². The van der Waals surface area contributed by atoms with E-state index in [1.807, 2.05) is 17.0 Å². The summed E-state index contributed by atoms with van der Waals surface area (Å²) in [6, 6.07) is 6.74. The largest absolute Gasteiger partial charge is 0.453 e. The van der Waals surface area contributed by atoms with E-state index < -0.39 is 6.09 Å². The zero-order chi connectivity index (χ0) is 20.2. The minimum absolute atomic E-state index is 0.0555. The maximum Gasteiger partial charge on any atom is 0.407 e. The molecule has 3 saturated heterocycles. The normalized spacial score (nSPS) is 35.3. The van der Waals surface area contributed by atoms with Gasteiger partial charge >= 0.3 is 6.09 Å². The van der Waals surface area contributed by atoms with E-state index in [4.69, 9.17) is 4.74 Å². The van der Waals surface area contributed by atoms with Gasteiger partial charge in [0, 0.05) is 24.9 Å². The first-order chi connectivity index (χ1) is 14.0. The minimum Gasteiger partial charge on any atom is -0.453 e. The summed E-state index contributed by atoms with van der Waals surface area (Å²) in [6.45, 7) is 1.02. The van der Waals surface area contributed by atoms with Crippen LogP contribution in [0.5, 0.6) is 0 Å². The number of carbonyl (C=O) groups excluding carboxylic acids is 2. The van der Waals surface area contributed by atoms with Crippen LogP contribution in [0.15, 0.2) is 24.3 Å². The average Bonchev–Trinajstić information content (AvgIpc) is 2.67. The molecule has 2 aliphatic carbocycles. The molecular formula is C22H27FN2O4. The van der Waals surface area contributed by atoms with E-state index in [-0.39, 0.29) is 23.2 Å². The number of benzene rings is 1. The van der Waals surface area contributed by atoms with Crippen LogP contribution in [0.25, 0.3) is 0 Å². The first-order valence-corrected chi connectivity index (χ1v) is 10.5. The number of rotatable bonds is 4. The summed E-state index contributed by atoms with van der Waals surface area (Å²) in [7, 11) is 1.33. The van der Waals surface area contributed by atoms with Gasteiger partial charge in [-0.3, -0.25) is 4.79 Å². The number of hydrogen-bond acceptors (Lipinski definition) is 4. The fraction of sp³-hybridized carbons (Fsp3) is 0.636. The minimum atomic E-state index is -0.467. The van der Waals surface area contributed by atoms with Crippen LogP contribution < -0.4 is 5.32 Å². The lowest BCUT2D eigenvalue weighted by atomic mass is 9.48. The maximum absolute atomic E-state index is 13.6. The zero-order valence-electron chi connectivity index (χ0n) is 16.6. The molecule has 1 aromatic rings. The van der Waals surface area contributed by atoms with Gasteiger partial charge in [-0.15, -0.1) is 0 Å². The summed E-state index contributed by atoms with van der Waals surface area (Å²) in [4.78, 5) is 26.4. The standard InChI is InChI=1S/C22H27FN2O4/c1-28-21(27)24-17-11-25(12-17)20(26)10-22(13-2-4-16(23)5-3-13)14-6-18-8-15(22)9-19(7-14)29-18/h2-5,14-15,17-19H,6-12H2,1H3,(H,24,27). The topological polar surface area (TPSA) is 67.9 Å². The molecule has 6 rings (SSSR count). The monoisotopic (exact) mass is 402 g/mol. The lowest BCUT2D eigenvalue weighted by molar-refractivity contribution is -0.194. The van der Waals surface area contributed by atoms with Gasteiger partial charge in [0.15, 0.2) is 0 Å². The molecule has 2 amide bonds. The summed E-state index contributed by atoms with van der Waals surface area (Å²) in [6.07, 6.45) is 4.49. The summed E-state index contributed by atoms with van der Waals surface area (Å²) in [5, 5.41) is 2.74. The van der Waals surface area contributed by atoms with Gasteiger partial charge in [-0.05, 0) is 55.2 Å². The van der Waals surface area contributed by atoms with Gasteiger partial charge in [-0.1, -0.05) is 12.1 Å². The molecule has 7 heteroatoms. The van der Waals surface area contributed by atoms with Crippen LogP contribution in [0, 0.1) is 17.7 Å². The van der Waals surface area contributed by atoms with Gasteiger partial charge in [-0.2, -0.15) is 0 Å². The Labute approximate surface area is 169 Å². The van der Waals surface area contributed by atoms with Crippen molar-refractivity contribution < 1.29 is 23.5 Å². The maximum atomic E-state index is 13.6. The van der Waals surface area contributed by atoms with Gasteiger partial charge in [0.2, 0.25) is 5.91 Å². The average molecular weight is 402 g/mol. The molecule has 3 aliphatic heterocycles. The van der Waals surface area contributed by atoms with E-state index in [9.17, 15) is 14.0 Å². The van der Waals surface area contributed by atoms with Crippen LogP contribution in [0.3, 0.4) is 0 Å². The molecule has 4 bridgehead atoms. The molecule has 0 atom stereocenters. The molecule has 2 saturated carbocycles. The number of alkyl carbamates (subject to hydrolysis) is 1. The second kappa shape index (κ2) is 6.97. The first-order valence-electron chi connectivity index (χ1n) is 10.5. The van der Waals surface area contributed by atoms with Crippen LogP contribution >= 0.6 is 0 Å². The Morgan fingerprint density at radius 1 is 1.14 bits per heavy atom. The third-order valence-electron chi connectivity index (χ3n) is 7.60. The zero-order valence-corrected chi connectivity index (χ0v) is 16.6. The van der Waals surface area contributed by atoms with Crippen molar-refractivity contribution in [3.63, 3.8) is 0 Å². The number of methoxy groups -OCH3 is 1. The molecule has 0 radical (unpaired) electrons. The van der Waals surface area contributed by atoms with Gasteiger partial charge in [-0.25, -0.2) is 9.18 Å². The quantitative estimate of drug-likeness (QED) is 0.841. The predicted octanol–water partition coefficient (Wildman–Crippen LogP) is 2.61. The smallest absolute Gasteiger partial charge is 0.407 e. The van der Waals surface area contributed by atoms with Crippen molar-refractivity contribution in [2.45, 2.75) is 55.8 Å². The Bertz CT molecular complexity index is 778. The van der Waals surface area contributed by atoms with Crippen molar-refractivity contribution in [2.75, 3.05) is 20.2 Å². The molecule has 5 aliphatic rings. The van der Waals surface area contributed by atoms with Crippen molar-refractivity contribution >= 4 is 12.0 Å². The van der Waals surface area contributed by atoms with Crippen molar-refractivity contribution in [1.29, 1.82) is 0 Å². The molecule has 1 N–H and O–H groups in total. The number of nitrogens with one attached hydrogen (secondary N) is 1. The number of ether oxygens (including phenoxy) is 2. The third kappa shape index (κ3) is 3.10. The molecule has 6 nitrogen and oxygen atoms in total. The summed E-state index contributed by atoms with van der Waals surface area (Å²) in [5.74, 6) is 0.643. The number of carbonyl (C=O) groups is 2. The van der Waals surface area contributed by atoms with Crippen molar-refractivity contribution in [1.82, 2.24) is 10.2 Å². The first kappa shape index (κ1) is 18.9. The highest BCUT2D eigenvalue weighted by Crippen LogP contribution is 2.60. The van der Waals surface area contributed by atoms with E-state index in [1.54, 1.807) is 0 Å². The molecule has 3 heterocycles. The number of likely N-dealkylation sites (tertiary alicyclic amines) is 1. The van der Waals surface area contributed by atoms with Gasteiger partial charge in [0.05, 0.1) is 25.4 Å². The number of hydrogen-bond donors (Lipinski definition) is 1. The molecule has 0 aromatic heterocycles. The third-order valence-corrected chi connectivity index (χ3v) is 7.60. The predicted molar refractivity (Wildman–Crippen MR) is 103 cm³/mol. The molecule has 156 valence electrons. The van der Waals surface area contributed by atoms with E-state index in [2.05, 4.69) is 10.1 Å². The highest BCUT2D eigenvalue weighted by molar-refractivity contribution is 5.79. The molecule has 0 unspecified atom stereocenters. The highest BCUT2D eigenvalue weighted by Gasteiger charge is 2.59. The van der Waals surface area contributed by atoms with E-state index >= 15 is 0 Å². The number of halogens is 1. The van der Waals surface area contributed by atoms with Crippen LogP contribution in [0.4, 0.5) is 9.18 Å². The Morgan fingerprint density at radius 3 is 2.28 bits per heavy atom. The Hall–Kier alpha value is -2.15. The fourth-order valence-corrected chi connectivity index (χ4v) is 6.31. The summed E-state index contributed by atoms with van der Waals surface area (Å²) < 4.78 is 24.4. The van der Waals surface area contributed by atoms with Crippen molar-refractivity contribution in [3.8, 4) is 0 Å². The van der Waals surface area contributed by atoms with Gasteiger partial charge < -0.3 is 19.7 Å². The summed E-state index contributed by atoms with van der Waals surface area (Å²) >= 11 is 0. The Kier molecular flexibility index (Phi) is 4.53. The SMILES string of the molecule is COC(=O)NC1CN(C(=O)CC2(c3ccc(F)cc3)C3CC4CC2CC(C3)O4)C1. The Balaban J connectivity index is 1.37. The molecule has 0 spiro atoms. The van der Waals surface area contributed by atoms with E-state index in [0.29, 0.717) is 43.6 Å². The highest BCUT2D eigenvalue weighted by atomic mass is 19.1. The lowest BCUT2D eigenvalue weighted by Crippen LogP contribution is -2.64. The molecule has 1 aromatic carbocycles. The molecule has 29 heavy (non-hydrogen) atoms. The van der Waals surface area contributed by atoms with Gasteiger partial charge in [0.25, 0.3) is 0 Å². The van der Waals surface area contributed by atoms with Crippen molar-refractivity contribution in [2.24, 2.45) is 11.8 Å². The van der Waals surface area contributed by atoms with Crippen LogP contribution in [-0.2, 0) is 19.7 Å². The molecule has 5 fully saturated rings. The lowest BCUT2D eigenvalue weighted by Gasteiger charge is -2.61. The van der Waals surface area contributed by atoms with Crippen LogP contribution in [-0.4, -0.2) is 55.3 Å².